The number of phenols is 2. The van der Waals surface area contributed by atoms with Gasteiger partial charge in [0.05, 0.1) is 43.1 Å². The van der Waals surface area contributed by atoms with Crippen LogP contribution in [0.2, 0.25) is 5.02 Å². The van der Waals surface area contributed by atoms with Gasteiger partial charge in [-0.05, 0) is 20.8 Å². The van der Waals surface area contributed by atoms with Gasteiger partial charge < -0.3 is 45.6 Å². The minimum absolute atomic E-state index is 0. The van der Waals surface area contributed by atoms with E-state index in [0.717, 1.165) is 58.1 Å². The Balaban J connectivity index is 0.00000600. The van der Waals surface area contributed by atoms with Crippen molar-refractivity contribution in [3.05, 3.63) is 54.3 Å². The minimum atomic E-state index is -1.93. The number of thiazole rings is 1. The fourth-order valence-corrected chi connectivity index (χ4v) is 9.25. The first-order valence-corrected chi connectivity index (χ1v) is 19.1. The number of thioether (sulfide) groups is 1. The predicted octanol–water partition coefficient (Wildman–Crippen LogP) is -3.51. The average Bonchev–Trinajstić information content (AvgIpc) is 3.77. The normalized spacial score (nSPS) is 20.7. The molecule has 56 heavy (non-hydrogen) atoms. The van der Waals surface area contributed by atoms with Crippen molar-refractivity contribution in [1.29, 1.82) is 0 Å². The van der Waals surface area contributed by atoms with Crippen molar-refractivity contribution in [1.82, 2.24) is 24.3 Å². The fraction of sp³-hybridized carbons (Fsp3) is 0.455. The molecule has 3 aromatic rings. The SMILES string of the molecule is C[C@@H]1S[C@@H]2[C@H](NC(=O)/C(=N\OC(C)(C)C(=O)[O-])c3csc(N)n3)C(=O)N2C(C(=O)O)=C1C[N+]1(CCn2c(=O)c3c(Cl)c(O)c(O)cc3n(C)c2=O)CCCC1.[Na+]. The number of quaternary nitrogens is 1. The molecule has 0 aliphatic carbocycles. The van der Waals surface area contributed by atoms with E-state index in [1.54, 1.807) is 6.92 Å². The van der Waals surface area contributed by atoms with E-state index in [4.69, 9.17) is 22.2 Å². The number of carbonyl (C=O) groups is 4. The van der Waals surface area contributed by atoms with E-state index >= 15 is 0 Å². The number of aryl methyl sites for hydroxylation is 1. The largest absolute Gasteiger partial charge is 1.00 e. The Labute approximate surface area is 353 Å². The maximum absolute atomic E-state index is 13.7. The first-order chi connectivity index (χ1) is 25.8. The van der Waals surface area contributed by atoms with Crippen LogP contribution in [0.4, 0.5) is 5.13 Å². The summed E-state index contributed by atoms with van der Waals surface area (Å²) in [6.07, 6.45) is 1.58. The number of amides is 2. The molecule has 0 saturated carbocycles. The van der Waals surface area contributed by atoms with Crippen LogP contribution >= 0.6 is 34.7 Å². The van der Waals surface area contributed by atoms with Crippen molar-refractivity contribution < 1.29 is 78.5 Å². The van der Waals surface area contributed by atoms with Gasteiger partial charge in [-0.1, -0.05) is 16.8 Å². The molecule has 0 radical (unpaired) electrons. The second kappa shape index (κ2) is 16.0. The molecule has 0 unspecified atom stereocenters. The van der Waals surface area contributed by atoms with E-state index in [-0.39, 0.29) is 76.6 Å². The number of carbonyl (C=O) groups excluding carboxylic acids is 3. The Morgan fingerprint density at radius 3 is 2.46 bits per heavy atom. The number of carboxylic acid groups (broad SMARTS) is 2. The molecule has 1 aromatic carbocycles. The van der Waals surface area contributed by atoms with Crippen molar-refractivity contribution in [2.75, 3.05) is 31.9 Å². The van der Waals surface area contributed by atoms with Gasteiger partial charge in [-0.25, -0.2) is 14.6 Å². The monoisotopic (exact) mass is 843 g/mol. The number of aromatic hydroxyl groups is 2. The second-order valence-electron chi connectivity index (χ2n) is 14.0. The molecular weight excluding hydrogens is 807 g/mol. The molecule has 0 spiro atoms. The summed E-state index contributed by atoms with van der Waals surface area (Å²) in [5, 5.41) is 48.1. The van der Waals surface area contributed by atoms with Crippen LogP contribution in [0.3, 0.4) is 0 Å². The number of benzene rings is 1. The zero-order chi connectivity index (χ0) is 40.3. The van der Waals surface area contributed by atoms with Crippen LogP contribution in [0.5, 0.6) is 11.5 Å². The van der Waals surface area contributed by atoms with Gasteiger partial charge in [-0.3, -0.25) is 28.4 Å². The Bertz CT molecular complexity index is 2340. The van der Waals surface area contributed by atoms with E-state index in [2.05, 4.69) is 15.5 Å². The van der Waals surface area contributed by atoms with Gasteiger partial charge in [0.25, 0.3) is 17.4 Å². The number of oxime groups is 1. The first-order valence-electron chi connectivity index (χ1n) is 16.9. The van der Waals surface area contributed by atoms with Gasteiger partial charge >= 0.3 is 41.2 Å². The van der Waals surface area contributed by atoms with E-state index in [9.17, 15) is 49.2 Å². The van der Waals surface area contributed by atoms with E-state index in [1.807, 2.05) is 0 Å². The zero-order valence-electron chi connectivity index (χ0n) is 30.9. The molecule has 6 rings (SSSR count). The van der Waals surface area contributed by atoms with E-state index in [0.29, 0.717) is 23.1 Å². The molecule has 3 aliphatic rings. The fourth-order valence-electron chi connectivity index (χ4n) is 6.99. The molecule has 294 valence electrons. The third-order valence-corrected chi connectivity index (χ3v) is 12.6. The number of anilines is 1. The van der Waals surface area contributed by atoms with Crippen LogP contribution in [0.25, 0.3) is 10.9 Å². The number of nitrogens with two attached hydrogens (primary N) is 1. The number of rotatable bonds is 12. The maximum Gasteiger partial charge on any atom is 1.00 e. The number of likely N-dealkylation sites (tertiary alicyclic amines) is 1. The number of carboxylic acids is 2. The third kappa shape index (κ3) is 7.64. The Hall–Kier alpha value is -4.12. The van der Waals surface area contributed by atoms with Crippen LogP contribution in [0, 0.1) is 0 Å². The number of nitrogen functional groups attached to an aromatic ring is 1. The number of halogens is 1. The van der Waals surface area contributed by atoms with Gasteiger partial charge in [0.1, 0.15) is 34.4 Å². The number of fused-ring (bicyclic) bond motifs is 2. The van der Waals surface area contributed by atoms with E-state index < -0.39 is 79.5 Å². The topological polar surface area (TPSA) is 272 Å². The van der Waals surface area contributed by atoms with Gasteiger partial charge in [-0.2, -0.15) is 0 Å². The molecule has 2 fully saturated rings. The van der Waals surface area contributed by atoms with Gasteiger partial charge in [-0.15, -0.1) is 23.1 Å². The van der Waals surface area contributed by atoms with Gasteiger partial charge in [0.15, 0.2) is 27.9 Å². The molecule has 6 N–H and O–H groups in total. The molecule has 19 nitrogen and oxygen atoms in total. The van der Waals surface area contributed by atoms with Crippen molar-refractivity contribution in [3.63, 3.8) is 0 Å². The van der Waals surface area contributed by atoms with Crippen molar-refractivity contribution in [3.8, 4) is 11.5 Å². The Morgan fingerprint density at radius 1 is 1.21 bits per heavy atom. The standard InChI is InChI=1S/C33H37ClN8O11S2.Na/c1-14-15(12-42(8-5-6-9-42)10-7-40-26(46)19-17(39(4)32(40)52)11-18(43)24(44)20(19)34)23(29(48)49)41-27(47)22(28(41)55-14)37-25(45)21(16-13-54-31(35)36-16)38-53-33(2,3)30(50)51;/h11,13-14,22,28H,5-10,12H2,1-4H3,(H6-,35,36,37,38,43,44,45,46,48,49,50,51);/q;+1/t14-,22+,28+;/m0./s1. The number of β-lactam (4-membered cyclic amide) rings is 1. The summed E-state index contributed by atoms with van der Waals surface area (Å²) in [6, 6.07) is -0.107. The van der Waals surface area contributed by atoms with Gasteiger partial charge in [0, 0.05) is 42.2 Å². The number of hydrogen-bond acceptors (Lipinski definition) is 15. The molecule has 0 bridgehead atoms. The summed E-state index contributed by atoms with van der Waals surface area (Å²) < 4.78 is 2.46. The molecule has 3 atom stereocenters. The molecule has 2 amide bonds. The van der Waals surface area contributed by atoms with E-state index in [1.165, 1.54) is 24.2 Å². The molecule has 5 heterocycles. The number of aromatic nitrogens is 3. The number of nitrogens with one attached hydrogen (secondary N) is 1. The average molecular weight is 844 g/mol. The predicted molar refractivity (Wildman–Crippen MR) is 198 cm³/mol. The Kier molecular flexibility index (Phi) is 12.3. The minimum Gasteiger partial charge on any atom is -0.546 e. The summed E-state index contributed by atoms with van der Waals surface area (Å²) in [7, 11) is 1.41. The summed E-state index contributed by atoms with van der Waals surface area (Å²) >= 11 is 8.49. The molecule has 2 aromatic heterocycles. The summed E-state index contributed by atoms with van der Waals surface area (Å²) in [5.74, 6) is -5.88. The number of aliphatic carboxylic acids is 2. The summed E-state index contributed by atoms with van der Waals surface area (Å²) in [5.41, 5.74) is 2.14. The Morgan fingerprint density at radius 2 is 1.88 bits per heavy atom. The van der Waals surface area contributed by atoms with Crippen LogP contribution in [-0.2, 0) is 37.6 Å². The molecular formula is C33H37ClN8NaO11S2+. The van der Waals surface area contributed by atoms with Crippen molar-refractivity contribution in [2.24, 2.45) is 12.2 Å². The maximum atomic E-state index is 13.7. The quantitative estimate of drug-likeness (QED) is 0.0296. The smallest absolute Gasteiger partial charge is 0.546 e. The number of nitrogens with zero attached hydrogens (tertiary/aromatic N) is 6. The van der Waals surface area contributed by atoms with Crippen LogP contribution in [0.15, 0.2) is 37.5 Å². The number of phenolic OH excluding ortho intramolecular Hbond substituents is 2. The van der Waals surface area contributed by atoms with Crippen LogP contribution < -0.4 is 57.0 Å². The second-order valence-corrected chi connectivity index (χ2v) is 16.8. The molecule has 3 aliphatic heterocycles. The zero-order valence-corrected chi connectivity index (χ0v) is 35.3. The molecule has 23 heteroatoms. The van der Waals surface area contributed by atoms with Gasteiger partial charge in [0.2, 0.25) is 0 Å². The first kappa shape index (κ1) is 43.0. The van der Waals surface area contributed by atoms with Crippen LogP contribution in [-0.4, -0.2) is 117 Å². The van der Waals surface area contributed by atoms with Crippen molar-refractivity contribution in [2.45, 2.75) is 62.4 Å². The third-order valence-electron chi connectivity index (χ3n) is 10.1. The van der Waals surface area contributed by atoms with Crippen molar-refractivity contribution >= 4 is 80.2 Å². The summed E-state index contributed by atoms with van der Waals surface area (Å²) in [4.78, 5) is 88.8. The summed E-state index contributed by atoms with van der Waals surface area (Å²) in [6.45, 7) is 5.67. The number of hydrogen-bond donors (Lipinski definition) is 5. The molecule has 2 saturated heterocycles. The van der Waals surface area contributed by atoms with Crippen LogP contribution in [0.1, 0.15) is 39.3 Å².